The molecule has 0 aliphatic rings. The second kappa shape index (κ2) is 6.54. The molecule has 0 aliphatic carbocycles. The predicted octanol–water partition coefficient (Wildman–Crippen LogP) is 2.89. The fourth-order valence-electron chi connectivity index (χ4n) is 1.92. The van der Waals surface area contributed by atoms with Crippen LogP contribution in [0.3, 0.4) is 0 Å². The van der Waals surface area contributed by atoms with E-state index in [0.717, 1.165) is 18.6 Å². The first-order valence-electron chi connectivity index (χ1n) is 5.96. The number of hydrogen-bond donors (Lipinski definition) is 2. The van der Waals surface area contributed by atoms with Crippen molar-refractivity contribution in [3.63, 3.8) is 0 Å². The topological polar surface area (TPSA) is 47.3 Å². The van der Waals surface area contributed by atoms with Crippen molar-refractivity contribution in [1.82, 2.24) is 5.43 Å². The van der Waals surface area contributed by atoms with Crippen LogP contribution >= 0.6 is 11.3 Å². The third-order valence-corrected chi connectivity index (χ3v) is 3.92. The van der Waals surface area contributed by atoms with Crippen molar-refractivity contribution in [3.8, 4) is 5.75 Å². The van der Waals surface area contributed by atoms with Gasteiger partial charge >= 0.3 is 0 Å². The molecule has 1 atom stereocenters. The Morgan fingerprint density at radius 3 is 2.61 bits per heavy atom. The molecule has 0 bridgehead atoms. The van der Waals surface area contributed by atoms with Crippen LogP contribution in [0.15, 0.2) is 41.8 Å². The molecule has 2 rings (SSSR count). The van der Waals surface area contributed by atoms with Crippen molar-refractivity contribution in [1.29, 1.82) is 0 Å². The van der Waals surface area contributed by atoms with Crippen LogP contribution in [0.1, 0.15) is 22.9 Å². The molecule has 0 aliphatic heterocycles. The van der Waals surface area contributed by atoms with Gasteiger partial charge < -0.3 is 4.74 Å². The number of thiophene rings is 1. The van der Waals surface area contributed by atoms with Crippen molar-refractivity contribution in [2.75, 3.05) is 7.11 Å². The Bertz CT molecular complexity index is 453. The molecule has 0 radical (unpaired) electrons. The molecule has 2 aromatic rings. The molecule has 0 saturated heterocycles. The van der Waals surface area contributed by atoms with Gasteiger partial charge in [-0.2, -0.15) is 0 Å². The van der Waals surface area contributed by atoms with Crippen molar-refractivity contribution < 1.29 is 4.74 Å². The van der Waals surface area contributed by atoms with Gasteiger partial charge in [-0.15, -0.1) is 11.3 Å². The fourth-order valence-corrected chi connectivity index (χ4v) is 2.65. The minimum Gasteiger partial charge on any atom is -0.497 e. The maximum atomic E-state index is 5.64. The van der Waals surface area contributed by atoms with E-state index in [1.165, 1.54) is 10.4 Å². The highest BCUT2D eigenvalue weighted by Gasteiger charge is 2.10. The summed E-state index contributed by atoms with van der Waals surface area (Å²) in [6.07, 6.45) is 2.03. The molecule has 96 valence electrons. The highest BCUT2D eigenvalue weighted by molar-refractivity contribution is 7.09. The summed E-state index contributed by atoms with van der Waals surface area (Å²) >= 11 is 1.79. The number of rotatable bonds is 6. The number of aryl methyl sites for hydroxylation is 1. The minimum absolute atomic E-state index is 0.179. The van der Waals surface area contributed by atoms with E-state index in [9.17, 15) is 0 Å². The standard InChI is InChI=1S/C14H18N2OS/c1-17-12-6-4-11(5-7-12)14(16-15)9-8-13-3-2-10-18-13/h2-7,10,14,16H,8-9,15H2,1H3. The van der Waals surface area contributed by atoms with Crippen LogP contribution in [0.5, 0.6) is 5.75 Å². The monoisotopic (exact) mass is 262 g/mol. The molecule has 3 nitrogen and oxygen atoms in total. The summed E-state index contributed by atoms with van der Waals surface area (Å²) in [7, 11) is 1.67. The maximum Gasteiger partial charge on any atom is 0.118 e. The van der Waals surface area contributed by atoms with E-state index in [-0.39, 0.29) is 6.04 Å². The van der Waals surface area contributed by atoms with Crippen LogP contribution in [0.25, 0.3) is 0 Å². The second-order valence-corrected chi connectivity index (χ2v) is 5.14. The van der Waals surface area contributed by atoms with Gasteiger partial charge in [-0.25, -0.2) is 0 Å². The van der Waals surface area contributed by atoms with E-state index < -0.39 is 0 Å². The lowest BCUT2D eigenvalue weighted by Crippen LogP contribution is -2.28. The molecule has 0 fully saturated rings. The van der Waals surface area contributed by atoms with Gasteiger partial charge in [-0.05, 0) is 42.0 Å². The number of methoxy groups -OCH3 is 1. The summed E-state index contributed by atoms with van der Waals surface area (Å²) in [5.74, 6) is 6.51. The molecule has 1 aromatic heterocycles. The number of nitrogens with two attached hydrogens (primary N) is 1. The zero-order chi connectivity index (χ0) is 12.8. The third-order valence-electron chi connectivity index (χ3n) is 2.98. The fraction of sp³-hybridized carbons (Fsp3) is 0.286. The molecule has 1 unspecified atom stereocenters. The first-order valence-corrected chi connectivity index (χ1v) is 6.84. The Balaban J connectivity index is 1.98. The SMILES string of the molecule is COc1ccc(C(CCc2cccs2)NN)cc1. The van der Waals surface area contributed by atoms with E-state index in [1.807, 2.05) is 12.1 Å². The summed E-state index contributed by atoms with van der Waals surface area (Å²) in [5, 5.41) is 2.10. The van der Waals surface area contributed by atoms with Gasteiger partial charge in [0.1, 0.15) is 5.75 Å². The van der Waals surface area contributed by atoms with Crippen molar-refractivity contribution in [2.45, 2.75) is 18.9 Å². The van der Waals surface area contributed by atoms with Crippen LogP contribution < -0.4 is 16.0 Å². The van der Waals surface area contributed by atoms with Crippen molar-refractivity contribution in [2.24, 2.45) is 5.84 Å². The lowest BCUT2D eigenvalue weighted by Gasteiger charge is -2.16. The van der Waals surface area contributed by atoms with E-state index in [0.29, 0.717) is 0 Å². The summed E-state index contributed by atoms with van der Waals surface area (Å²) < 4.78 is 5.15. The molecule has 0 saturated carbocycles. The predicted molar refractivity (Wildman–Crippen MR) is 75.7 cm³/mol. The first-order chi connectivity index (χ1) is 8.83. The highest BCUT2D eigenvalue weighted by Crippen LogP contribution is 2.22. The van der Waals surface area contributed by atoms with Crippen molar-refractivity contribution >= 4 is 11.3 Å². The van der Waals surface area contributed by atoms with Crippen LogP contribution in [-0.2, 0) is 6.42 Å². The van der Waals surface area contributed by atoms with Gasteiger partial charge in [-0.3, -0.25) is 11.3 Å². The Labute approximate surface area is 112 Å². The lowest BCUT2D eigenvalue weighted by atomic mass is 10.0. The van der Waals surface area contributed by atoms with Crippen LogP contribution in [0.2, 0.25) is 0 Å². The van der Waals surface area contributed by atoms with Gasteiger partial charge in [-0.1, -0.05) is 18.2 Å². The maximum absolute atomic E-state index is 5.64. The molecule has 1 heterocycles. The Kier molecular flexibility index (Phi) is 4.75. The lowest BCUT2D eigenvalue weighted by molar-refractivity contribution is 0.414. The van der Waals surface area contributed by atoms with Gasteiger partial charge in [0.15, 0.2) is 0 Å². The Morgan fingerprint density at radius 2 is 2.06 bits per heavy atom. The Hall–Kier alpha value is -1.36. The second-order valence-electron chi connectivity index (χ2n) is 4.11. The molecular weight excluding hydrogens is 244 g/mol. The Morgan fingerprint density at radius 1 is 1.28 bits per heavy atom. The van der Waals surface area contributed by atoms with E-state index in [1.54, 1.807) is 18.4 Å². The van der Waals surface area contributed by atoms with Crippen molar-refractivity contribution in [3.05, 3.63) is 52.2 Å². The summed E-state index contributed by atoms with van der Waals surface area (Å²) in [5.41, 5.74) is 4.07. The molecule has 0 amide bonds. The number of hydrogen-bond acceptors (Lipinski definition) is 4. The van der Waals surface area contributed by atoms with Gasteiger partial charge in [0.25, 0.3) is 0 Å². The van der Waals surface area contributed by atoms with Gasteiger partial charge in [0.2, 0.25) is 0 Å². The van der Waals surface area contributed by atoms with Gasteiger partial charge in [0.05, 0.1) is 7.11 Å². The highest BCUT2D eigenvalue weighted by atomic mass is 32.1. The molecule has 4 heteroatoms. The summed E-state index contributed by atoms with van der Waals surface area (Å²) in [6, 6.07) is 12.5. The smallest absolute Gasteiger partial charge is 0.118 e. The molecule has 3 N–H and O–H groups in total. The molecule has 1 aromatic carbocycles. The average Bonchev–Trinajstić information content (AvgIpc) is 2.93. The zero-order valence-electron chi connectivity index (χ0n) is 10.4. The van der Waals surface area contributed by atoms with E-state index >= 15 is 0 Å². The summed E-state index contributed by atoms with van der Waals surface area (Å²) in [4.78, 5) is 1.39. The van der Waals surface area contributed by atoms with Crippen LogP contribution in [0.4, 0.5) is 0 Å². The van der Waals surface area contributed by atoms with Crippen LogP contribution in [-0.4, -0.2) is 7.11 Å². The number of nitrogens with one attached hydrogen (secondary N) is 1. The third kappa shape index (κ3) is 3.32. The summed E-state index contributed by atoms with van der Waals surface area (Å²) in [6.45, 7) is 0. The van der Waals surface area contributed by atoms with E-state index in [2.05, 4.69) is 35.1 Å². The number of benzene rings is 1. The zero-order valence-corrected chi connectivity index (χ0v) is 11.2. The quantitative estimate of drug-likeness (QED) is 0.621. The number of hydrazine groups is 1. The average molecular weight is 262 g/mol. The molecular formula is C14H18N2OS. The molecule has 18 heavy (non-hydrogen) atoms. The first kappa shape index (κ1) is 13.1. The van der Waals surface area contributed by atoms with Gasteiger partial charge in [0, 0.05) is 10.9 Å². The molecule has 0 spiro atoms. The largest absolute Gasteiger partial charge is 0.497 e. The minimum atomic E-state index is 0.179. The van der Waals surface area contributed by atoms with E-state index in [4.69, 9.17) is 10.6 Å². The number of ether oxygens (including phenoxy) is 1. The normalized spacial score (nSPS) is 12.3. The van der Waals surface area contributed by atoms with Crippen LogP contribution in [0, 0.1) is 0 Å².